The van der Waals surface area contributed by atoms with Gasteiger partial charge in [-0.1, -0.05) is 129 Å². The maximum Gasteiger partial charge on any atom is 4.00 e. The first-order valence-corrected chi connectivity index (χ1v) is 17.9. The van der Waals surface area contributed by atoms with Gasteiger partial charge in [0.25, 0.3) is 0 Å². The Kier molecular flexibility index (Phi) is 25.2. The number of aliphatic imine (C=N–C) groups is 1. The summed E-state index contributed by atoms with van der Waals surface area (Å²) >= 11 is 0. The first-order chi connectivity index (χ1) is 22.9. The van der Waals surface area contributed by atoms with E-state index in [2.05, 4.69) is 94.4 Å². The molecule has 262 valence electrons. The van der Waals surface area contributed by atoms with E-state index in [1.165, 1.54) is 55.3 Å². The van der Waals surface area contributed by atoms with Gasteiger partial charge in [0.05, 0.1) is 5.69 Å². The van der Waals surface area contributed by atoms with Gasteiger partial charge in [-0.25, -0.2) is 0 Å². The van der Waals surface area contributed by atoms with Crippen molar-refractivity contribution in [2.24, 2.45) is 4.99 Å². The normalized spacial score (nSPS) is 10.9. The van der Waals surface area contributed by atoms with E-state index in [-0.39, 0.29) is 31.7 Å². The molecule has 0 aliphatic rings. The van der Waals surface area contributed by atoms with Gasteiger partial charge in [-0.3, -0.25) is 4.99 Å². The van der Waals surface area contributed by atoms with Crippen LogP contribution in [-0.4, -0.2) is 17.8 Å². The molecule has 0 atom stereocenters. The number of unbranched alkanes of at least 4 members (excludes halogenated alkanes) is 5. The van der Waals surface area contributed by atoms with Gasteiger partial charge in [-0.2, -0.15) is 73.9 Å². The summed E-state index contributed by atoms with van der Waals surface area (Å²) in [5.74, 6) is 0.942. The molecule has 0 saturated carbocycles. The van der Waals surface area contributed by atoms with Crippen molar-refractivity contribution < 1.29 is 26.2 Å². The van der Waals surface area contributed by atoms with E-state index in [1.54, 1.807) is 0 Å². The third kappa shape index (κ3) is 21.0. The van der Waals surface area contributed by atoms with Crippen LogP contribution in [0.15, 0.2) is 114 Å². The zero-order chi connectivity index (χ0) is 35.8. The van der Waals surface area contributed by atoms with E-state index >= 15 is 0 Å². The van der Waals surface area contributed by atoms with Gasteiger partial charge in [-0.15, -0.1) is 42.9 Å². The van der Waals surface area contributed by atoms with Crippen LogP contribution < -0.4 is 0 Å². The van der Waals surface area contributed by atoms with Crippen LogP contribution in [0.4, 0.5) is 5.69 Å². The van der Waals surface area contributed by atoms with Crippen molar-refractivity contribution in [3.8, 4) is 0 Å². The van der Waals surface area contributed by atoms with Gasteiger partial charge in [-0.05, 0) is 29.9 Å². The van der Waals surface area contributed by atoms with Crippen molar-refractivity contribution in [3.05, 3.63) is 163 Å². The van der Waals surface area contributed by atoms with Crippen LogP contribution in [0, 0.1) is 20.8 Å². The standard InChI is InChI=1S/C25H43N2.3C7H7.Zr/c1-9-10-11-12-13-14-18-26-25(7,8)21(6)27-24-22(19(2)3)16-15-17-23(24)20(4)5;3*1-7-5-3-2-4-6-7;/h15-17,19-20H,9-14,18H2,1-8H3;3*2-6H,1H2;/q4*-1;+4. The van der Waals surface area contributed by atoms with Gasteiger partial charge < -0.3 is 5.32 Å². The molecule has 0 saturated heterocycles. The van der Waals surface area contributed by atoms with E-state index in [0.29, 0.717) is 11.8 Å². The summed E-state index contributed by atoms with van der Waals surface area (Å²) in [6.07, 6.45) is 7.87. The molecule has 0 spiro atoms. The van der Waals surface area contributed by atoms with Crippen molar-refractivity contribution in [2.45, 2.75) is 111 Å². The van der Waals surface area contributed by atoms with Gasteiger partial charge in [0, 0.05) is 5.71 Å². The van der Waals surface area contributed by atoms with Gasteiger partial charge in [0.1, 0.15) is 0 Å². The topological polar surface area (TPSA) is 26.5 Å². The summed E-state index contributed by atoms with van der Waals surface area (Å²) < 4.78 is 0. The fraction of sp³-hybridized carbons (Fsp3) is 0.391. The molecule has 0 radical (unpaired) electrons. The molecule has 0 aliphatic heterocycles. The molecule has 0 heterocycles. The average molecular weight is 736 g/mol. The predicted molar refractivity (Wildman–Crippen MR) is 216 cm³/mol. The second-order valence-electron chi connectivity index (χ2n) is 13.5. The van der Waals surface area contributed by atoms with Crippen LogP contribution in [0.5, 0.6) is 0 Å². The number of hydrogen-bond donors (Lipinski definition) is 0. The maximum atomic E-state index is 5.14. The average Bonchev–Trinajstić information content (AvgIpc) is 3.06. The third-order valence-corrected chi connectivity index (χ3v) is 8.05. The maximum absolute atomic E-state index is 5.14. The minimum absolute atomic E-state index is 0. The number of nitrogens with zero attached hydrogens (tertiary/aromatic N) is 2. The molecule has 0 N–H and O–H groups in total. The number of benzene rings is 4. The Morgan fingerprint density at radius 2 is 0.959 bits per heavy atom. The smallest absolute Gasteiger partial charge is 0.652 e. The molecule has 0 unspecified atom stereocenters. The second-order valence-corrected chi connectivity index (χ2v) is 13.5. The Morgan fingerprint density at radius 3 is 1.29 bits per heavy atom. The molecule has 0 fully saturated rings. The SMILES string of the molecule is CCCCCCCC[N-]C(C)(C)C(C)=Nc1c(C(C)C)cccc1C(C)C.[CH2-]c1ccccc1.[CH2-]c1ccccc1.[CH2-]c1ccccc1.[Zr+4]. The largest absolute Gasteiger partial charge is 4.00 e. The van der Waals surface area contributed by atoms with Crippen molar-refractivity contribution in [2.75, 3.05) is 6.54 Å². The molecule has 49 heavy (non-hydrogen) atoms. The zero-order valence-electron chi connectivity index (χ0n) is 32.0. The Balaban J connectivity index is 0.000000829. The third-order valence-electron chi connectivity index (χ3n) is 8.05. The van der Waals surface area contributed by atoms with Crippen molar-refractivity contribution >= 4 is 11.4 Å². The van der Waals surface area contributed by atoms with Crippen LogP contribution >= 0.6 is 0 Å². The van der Waals surface area contributed by atoms with Crippen LogP contribution in [0.25, 0.3) is 5.32 Å². The van der Waals surface area contributed by atoms with Gasteiger partial charge in [0.15, 0.2) is 0 Å². The van der Waals surface area contributed by atoms with E-state index < -0.39 is 0 Å². The molecular formula is C46H64N2Zr. The van der Waals surface area contributed by atoms with E-state index in [4.69, 9.17) is 10.3 Å². The van der Waals surface area contributed by atoms with E-state index in [9.17, 15) is 0 Å². The van der Waals surface area contributed by atoms with Crippen molar-refractivity contribution in [3.63, 3.8) is 0 Å². The molecule has 2 nitrogen and oxygen atoms in total. The molecule has 0 amide bonds. The summed E-state index contributed by atoms with van der Waals surface area (Å²) in [7, 11) is 0. The summed E-state index contributed by atoms with van der Waals surface area (Å²) in [6, 6.07) is 36.2. The molecule has 4 rings (SSSR count). The van der Waals surface area contributed by atoms with E-state index in [0.717, 1.165) is 28.9 Å². The zero-order valence-corrected chi connectivity index (χ0v) is 34.5. The van der Waals surface area contributed by atoms with Crippen molar-refractivity contribution in [1.82, 2.24) is 0 Å². The molecule has 0 bridgehead atoms. The Labute approximate surface area is 321 Å². The minimum atomic E-state index is -0.207. The Bertz CT molecular complexity index is 1260. The minimum Gasteiger partial charge on any atom is -0.652 e. The molecular weight excluding hydrogens is 672 g/mol. The Hall–Kier alpha value is -3.00. The number of hydrogen-bond acceptors (Lipinski definition) is 1. The predicted octanol–water partition coefficient (Wildman–Crippen LogP) is 14.1. The van der Waals surface area contributed by atoms with Crippen molar-refractivity contribution in [1.29, 1.82) is 0 Å². The van der Waals surface area contributed by atoms with Crippen LogP contribution in [-0.2, 0) is 26.2 Å². The van der Waals surface area contributed by atoms with E-state index in [1.807, 2.05) is 91.0 Å². The molecule has 0 aliphatic carbocycles. The molecule has 4 aromatic carbocycles. The summed E-state index contributed by atoms with van der Waals surface area (Å²) in [5.41, 5.74) is 7.97. The quantitative estimate of drug-likeness (QED) is 0.0787. The van der Waals surface area contributed by atoms with Gasteiger partial charge in [0.2, 0.25) is 0 Å². The van der Waals surface area contributed by atoms with Crippen LogP contribution in [0.1, 0.15) is 134 Å². The number of rotatable bonds is 12. The molecule has 3 heteroatoms. The first-order valence-electron chi connectivity index (χ1n) is 17.9. The van der Waals surface area contributed by atoms with Crippen LogP contribution in [0.3, 0.4) is 0 Å². The number of para-hydroxylation sites is 1. The molecule has 4 aromatic rings. The summed E-state index contributed by atoms with van der Waals surface area (Å²) in [5, 5.41) is 4.99. The summed E-state index contributed by atoms with van der Waals surface area (Å²) in [4.78, 5) is 5.14. The molecule has 0 aromatic heterocycles. The first kappa shape index (κ1) is 46.0. The second kappa shape index (κ2) is 26.8. The van der Waals surface area contributed by atoms with Crippen LogP contribution in [0.2, 0.25) is 0 Å². The fourth-order valence-corrected chi connectivity index (χ4v) is 4.74. The van der Waals surface area contributed by atoms with Gasteiger partial charge >= 0.3 is 26.2 Å². The summed E-state index contributed by atoms with van der Waals surface area (Å²) in [6.45, 7) is 29.9. The fourth-order valence-electron chi connectivity index (χ4n) is 4.74. The monoisotopic (exact) mass is 734 g/mol. The Morgan fingerprint density at radius 1 is 0.592 bits per heavy atom.